The van der Waals surface area contributed by atoms with Crippen LogP contribution in [0.3, 0.4) is 0 Å². The van der Waals surface area contributed by atoms with Crippen molar-refractivity contribution in [3.05, 3.63) is 22.8 Å². The van der Waals surface area contributed by atoms with Crippen molar-refractivity contribution < 1.29 is 18.3 Å². The summed E-state index contributed by atoms with van der Waals surface area (Å²) in [6.45, 7) is 5.34. The molecule has 2 aliphatic heterocycles. The summed E-state index contributed by atoms with van der Waals surface area (Å²) in [5, 5.41) is 10.8. The Morgan fingerprint density at radius 3 is 2.36 bits per heavy atom. The summed E-state index contributed by atoms with van der Waals surface area (Å²) in [6, 6.07) is 1.11. The number of halogens is 4. The summed E-state index contributed by atoms with van der Waals surface area (Å²) in [7, 11) is 2.11. The highest BCUT2D eigenvalue weighted by Crippen LogP contribution is 2.42. The molecule has 28 heavy (non-hydrogen) atoms. The molecule has 0 aromatic carbocycles. The monoisotopic (exact) mass is 418 g/mol. The average molecular weight is 419 g/mol. The van der Waals surface area contributed by atoms with Crippen molar-refractivity contribution in [2.75, 3.05) is 51.2 Å². The van der Waals surface area contributed by atoms with Gasteiger partial charge in [-0.25, -0.2) is 4.98 Å². The van der Waals surface area contributed by atoms with Crippen LogP contribution >= 0.6 is 11.6 Å². The van der Waals surface area contributed by atoms with Crippen LogP contribution in [0, 0.1) is 11.8 Å². The van der Waals surface area contributed by atoms with Crippen LogP contribution in [-0.2, 0) is 6.18 Å². The minimum absolute atomic E-state index is 0.0321. The molecule has 2 saturated heterocycles. The summed E-state index contributed by atoms with van der Waals surface area (Å²) in [5.41, 5.74) is -0.830. The second-order valence-electron chi connectivity index (χ2n) is 8.40. The highest BCUT2D eigenvalue weighted by Gasteiger charge is 2.44. The minimum atomic E-state index is -4.45. The molecule has 156 valence electrons. The first-order chi connectivity index (χ1) is 13.2. The molecule has 3 aliphatic rings. The maximum atomic E-state index is 12.9. The number of aliphatic hydroxyl groups is 1. The molecule has 0 bridgehead atoms. The normalized spacial score (nSPS) is 32.6. The van der Waals surface area contributed by atoms with E-state index in [-0.39, 0.29) is 17.2 Å². The zero-order chi connectivity index (χ0) is 20.1. The number of likely N-dealkylation sites (N-methyl/N-ethyl adjacent to an activating group) is 1. The number of aliphatic hydroxyl groups excluding tert-OH is 1. The number of alkyl halides is 3. The van der Waals surface area contributed by atoms with E-state index in [0.717, 1.165) is 57.8 Å². The SMILES string of the molecule is CN1CCN([C@@H]2C[C@@H]3CN(c4ncc(C(F)(F)F)cc4Cl)C[C@@H]3C[C@H]2O)CC1. The Morgan fingerprint density at radius 1 is 1.11 bits per heavy atom. The van der Waals surface area contributed by atoms with Crippen molar-refractivity contribution in [3.63, 3.8) is 0 Å². The topological polar surface area (TPSA) is 42.8 Å². The Kier molecular flexibility index (Phi) is 5.50. The maximum Gasteiger partial charge on any atom is 0.417 e. The third-order valence-corrected chi connectivity index (χ3v) is 6.84. The Morgan fingerprint density at radius 2 is 1.75 bits per heavy atom. The summed E-state index contributed by atoms with van der Waals surface area (Å²) in [5.74, 6) is 1.13. The van der Waals surface area contributed by atoms with Crippen LogP contribution in [0.1, 0.15) is 18.4 Å². The maximum absolute atomic E-state index is 12.9. The van der Waals surface area contributed by atoms with Crippen LogP contribution in [0.5, 0.6) is 0 Å². The fraction of sp³-hybridized carbons (Fsp3) is 0.737. The number of hydrogen-bond acceptors (Lipinski definition) is 5. The zero-order valence-corrected chi connectivity index (χ0v) is 16.6. The molecule has 5 nitrogen and oxygen atoms in total. The van der Waals surface area contributed by atoms with Gasteiger partial charge < -0.3 is 14.9 Å². The molecule has 3 heterocycles. The summed E-state index contributed by atoms with van der Waals surface area (Å²) >= 11 is 6.14. The van der Waals surface area contributed by atoms with E-state index in [1.54, 1.807) is 0 Å². The molecule has 1 aliphatic carbocycles. The Labute approximate surface area is 168 Å². The second-order valence-corrected chi connectivity index (χ2v) is 8.80. The van der Waals surface area contributed by atoms with Crippen LogP contribution in [0.25, 0.3) is 0 Å². The predicted octanol–water partition coefficient (Wildman–Crippen LogP) is 2.58. The van der Waals surface area contributed by atoms with Crippen molar-refractivity contribution in [2.45, 2.75) is 31.2 Å². The van der Waals surface area contributed by atoms with Gasteiger partial charge >= 0.3 is 6.18 Å². The predicted molar refractivity (Wildman–Crippen MR) is 102 cm³/mol. The summed E-state index contributed by atoms with van der Waals surface area (Å²) < 4.78 is 38.6. The molecular formula is C19H26ClF3N4O. The number of piperazine rings is 1. The lowest BCUT2D eigenvalue weighted by molar-refractivity contribution is -0.137. The van der Waals surface area contributed by atoms with E-state index in [1.165, 1.54) is 0 Å². The molecule has 1 N–H and O–H groups in total. The van der Waals surface area contributed by atoms with Gasteiger partial charge in [0.1, 0.15) is 5.82 Å². The van der Waals surface area contributed by atoms with Gasteiger partial charge in [0.15, 0.2) is 0 Å². The number of nitrogens with zero attached hydrogens (tertiary/aromatic N) is 4. The number of hydrogen-bond donors (Lipinski definition) is 1. The van der Waals surface area contributed by atoms with E-state index in [9.17, 15) is 18.3 Å². The molecule has 0 amide bonds. The molecule has 1 aromatic rings. The van der Waals surface area contributed by atoms with E-state index >= 15 is 0 Å². The fourth-order valence-corrected chi connectivity index (χ4v) is 5.23. The van der Waals surface area contributed by atoms with Crippen molar-refractivity contribution in [1.82, 2.24) is 14.8 Å². The first kappa shape index (κ1) is 20.2. The molecular weight excluding hydrogens is 393 g/mol. The lowest BCUT2D eigenvalue weighted by Gasteiger charge is -2.44. The quantitative estimate of drug-likeness (QED) is 0.799. The molecule has 9 heteroatoms. The van der Waals surface area contributed by atoms with Gasteiger partial charge in [0.05, 0.1) is 16.7 Å². The van der Waals surface area contributed by atoms with E-state index in [0.29, 0.717) is 24.2 Å². The van der Waals surface area contributed by atoms with Crippen LogP contribution in [0.4, 0.5) is 19.0 Å². The molecule has 4 atom stereocenters. The highest BCUT2D eigenvalue weighted by molar-refractivity contribution is 6.33. The van der Waals surface area contributed by atoms with Gasteiger partial charge in [0, 0.05) is 51.5 Å². The number of anilines is 1. The van der Waals surface area contributed by atoms with Gasteiger partial charge in [-0.2, -0.15) is 13.2 Å². The summed E-state index contributed by atoms with van der Waals surface area (Å²) in [4.78, 5) is 10.7. The van der Waals surface area contributed by atoms with Crippen LogP contribution < -0.4 is 4.90 Å². The Hall–Kier alpha value is -1.09. The Bertz CT molecular complexity index is 711. The molecule has 0 spiro atoms. The lowest BCUT2D eigenvalue weighted by atomic mass is 9.77. The first-order valence-corrected chi connectivity index (χ1v) is 10.2. The highest BCUT2D eigenvalue weighted by atomic mass is 35.5. The third kappa shape index (κ3) is 3.97. The van der Waals surface area contributed by atoms with Crippen molar-refractivity contribution >= 4 is 17.4 Å². The number of fused-ring (bicyclic) bond motifs is 1. The van der Waals surface area contributed by atoms with Gasteiger partial charge in [-0.15, -0.1) is 0 Å². The van der Waals surface area contributed by atoms with Crippen molar-refractivity contribution in [2.24, 2.45) is 11.8 Å². The number of pyridine rings is 1. The minimum Gasteiger partial charge on any atom is -0.391 e. The molecule has 4 rings (SSSR count). The van der Waals surface area contributed by atoms with Crippen molar-refractivity contribution in [3.8, 4) is 0 Å². The van der Waals surface area contributed by atoms with Crippen LogP contribution in [0.2, 0.25) is 5.02 Å². The van der Waals surface area contributed by atoms with Gasteiger partial charge in [-0.05, 0) is 37.8 Å². The van der Waals surface area contributed by atoms with Gasteiger partial charge in [0.25, 0.3) is 0 Å². The van der Waals surface area contributed by atoms with E-state index in [1.807, 2.05) is 4.90 Å². The smallest absolute Gasteiger partial charge is 0.391 e. The fourth-order valence-electron chi connectivity index (χ4n) is 4.94. The molecule has 0 radical (unpaired) electrons. The first-order valence-electron chi connectivity index (χ1n) is 9.80. The average Bonchev–Trinajstić information content (AvgIpc) is 3.03. The number of aromatic nitrogens is 1. The van der Waals surface area contributed by atoms with E-state index in [4.69, 9.17) is 11.6 Å². The molecule has 1 saturated carbocycles. The lowest BCUT2D eigenvalue weighted by Crippen LogP contribution is -2.55. The number of rotatable bonds is 2. The second kappa shape index (κ2) is 7.63. The third-order valence-electron chi connectivity index (χ3n) is 6.56. The van der Waals surface area contributed by atoms with Crippen LogP contribution in [-0.4, -0.2) is 78.4 Å². The molecule has 3 fully saturated rings. The van der Waals surface area contributed by atoms with Gasteiger partial charge in [-0.3, -0.25) is 4.90 Å². The Balaban J connectivity index is 1.45. The van der Waals surface area contributed by atoms with Crippen molar-refractivity contribution in [1.29, 1.82) is 0 Å². The molecule has 1 aromatic heterocycles. The summed E-state index contributed by atoms with van der Waals surface area (Å²) in [6.07, 6.45) is -2.33. The molecule has 0 unspecified atom stereocenters. The zero-order valence-electron chi connectivity index (χ0n) is 15.9. The van der Waals surface area contributed by atoms with E-state index in [2.05, 4.69) is 21.8 Å². The van der Waals surface area contributed by atoms with E-state index < -0.39 is 11.7 Å². The largest absolute Gasteiger partial charge is 0.417 e. The van der Waals surface area contributed by atoms with Crippen LogP contribution in [0.15, 0.2) is 12.3 Å². The standard InChI is InChI=1S/C19H26ClF3N4O/c1-25-2-4-26(5-3-25)16-6-12-10-27(11-13(12)7-17(16)28)18-15(20)8-14(9-24-18)19(21,22)23/h8-9,12-13,16-17,28H,2-7,10-11H2,1H3/t12-,13+,16-,17-/m1/s1. The van der Waals surface area contributed by atoms with Gasteiger partial charge in [-0.1, -0.05) is 11.6 Å². The van der Waals surface area contributed by atoms with Gasteiger partial charge in [0.2, 0.25) is 0 Å².